The van der Waals surface area contributed by atoms with Crippen molar-refractivity contribution in [3.05, 3.63) is 47.5 Å². The Morgan fingerprint density at radius 1 is 1.15 bits per heavy atom. The van der Waals surface area contributed by atoms with E-state index in [1.165, 1.54) is 16.5 Å². The second-order valence-corrected chi connectivity index (χ2v) is 9.92. The summed E-state index contributed by atoms with van der Waals surface area (Å²) in [6.45, 7) is 1.68. The molecule has 4 aromatic rings. The minimum absolute atomic E-state index is 0.0774. The molecular weight excluding hydrogens is 460 g/mol. The predicted octanol–water partition coefficient (Wildman–Crippen LogP) is 4.57. The van der Waals surface area contributed by atoms with E-state index in [0.717, 1.165) is 35.5 Å². The summed E-state index contributed by atoms with van der Waals surface area (Å²) in [5.74, 6) is 2.36. The molecule has 2 aliphatic heterocycles. The first-order valence-corrected chi connectivity index (χ1v) is 12.5. The molecular formula is C23H20N4O4S2. The van der Waals surface area contributed by atoms with Crippen LogP contribution in [0.1, 0.15) is 23.8 Å². The van der Waals surface area contributed by atoms with E-state index in [2.05, 4.69) is 16.3 Å². The molecule has 33 heavy (non-hydrogen) atoms. The van der Waals surface area contributed by atoms with E-state index in [0.29, 0.717) is 29.2 Å². The number of rotatable bonds is 5. The summed E-state index contributed by atoms with van der Waals surface area (Å²) in [4.78, 5) is 19.6. The number of hydrogen-bond acceptors (Lipinski definition) is 9. The number of hydrogen-bond donors (Lipinski definition) is 0. The average Bonchev–Trinajstić information content (AvgIpc) is 3.61. The lowest BCUT2D eigenvalue weighted by molar-refractivity contribution is -0.129. The molecule has 1 atom stereocenters. The number of benzene rings is 2. The highest BCUT2D eigenvalue weighted by atomic mass is 32.2. The Hall–Kier alpha value is -3.11. The number of aromatic nitrogens is 3. The van der Waals surface area contributed by atoms with Crippen LogP contribution in [0.5, 0.6) is 11.5 Å². The third-order valence-corrected chi connectivity index (χ3v) is 7.78. The molecule has 1 amide bonds. The van der Waals surface area contributed by atoms with Crippen LogP contribution in [0.2, 0.25) is 0 Å². The first-order chi connectivity index (χ1) is 16.2. The van der Waals surface area contributed by atoms with E-state index in [1.54, 1.807) is 11.3 Å². The minimum atomic E-state index is 0.0774. The fourth-order valence-electron chi connectivity index (χ4n) is 4.10. The Balaban J connectivity index is 1.08. The van der Waals surface area contributed by atoms with Gasteiger partial charge in [-0.1, -0.05) is 23.9 Å². The molecule has 0 aliphatic carbocycles. The van der Waals surface area contributed by atoms with Crippen LogP contribution in [0.15, 0.2) is 52.1 Å². The molecule has 1 unspecified atom stereocenters. The lowest BCUT2D eigenvalue weighted by Crippen LogP contribution is -2.40. The van der Waals surface area contributed by atoms with E-state index < -0.39 is 0 Å². The Morgan fingerprint density at radius 3 is 3.00 bits per heavy atom. The molecule has 1 saturated heterocycles. The fraction of sp³-hybridized carbons (Fsp3) is 0.304. The lowest BCUT2D eigenvalue weighted by atomic mass is 9.99. The Kier molecular flexibility index (Phi) is 5.39. The van der Waals surface area contributed by atoms with E-state index in [4.69, 9.17) is 18.9 Å². The van der Waals surface area contributed by atoms with Gasteiger partial charge in [-0.2, -0.15) is 0 Å². The molecule has 0 saturated carbocycles. The van der Waals surface area contributed by atoms with Gasteiger partial charge < -0.3 is 18.8 Å². The van der Waals surface area contributed by atoms with E-state index >= 15 is 0 Å². The second kappa shape index (κ2) is 8.68. The van der Waals surface area contributed by atoms with Gasteiger partial charge in [0.2, 0.25) is 18.6 Å². The summed E-state index contributed by atoms with van der Waals surface area (Å²) in [6.07, 6.45) is 2.03. The topological polar surface area (TPSA) is 90.6 Å². The van der Waals surface area contributed by atoms with Gasteiger partial charge in [0.25, 0.3) is 5.22 Å². The zero-order valence-corrected chi connectivity index (χ0v) is 19.2. The molecule has 0 N–H and O–H groups in total. The predicted molar refractivity (Wildman–Crippen MR) is 125 cm³/mol. The summed E-state index contributed by atoms with van der Waals surface area (Å²) >= 11 is 2.99. The highest BCUT2D eigenvalue weighted by Gasteiger charge is 2.27. The van der Waals surface area contributed by atoms with Crippen molar-refractivity contribution in [1.29, 1.82) is 0 Å². The van der Waals surface area contributed by atoms with Gasteiger partial charge in [0.15, 0.2) is 11.5 Å². The number of piperidine rings is 1. The zero-order chi connectivity index (χ0) is 22.2. The molecule has 1 fully saturated rings. The lowest BCUT2D eigenvalue weighted by Gasteiger charge is -2.31. The first-order valence-electron chi connectivity index (χ1n) is 10.7. The normalized spacial score (nSPS) is 17.6. The van der Waals surface area contributed by atoms with Crippen LogP contribution in [0.4, 0.5) is 0 Å². The molecule has 0 spiro atoms. The largest absolute Gasteiger partial charge is 0.454 e. The van der Waals surface area contributed by atoms with Crippen molar-refractivity contribution >= 4 is 39.2 Å². The number of nitrogens with zero attached hydrogens (tertiary/aromatic N) is 4. The summed E-state index contributed by atoms with van der Waals surface area (Å²) in [5.41, 5.74) is 1.78. The summed E-state index contributed by atoms with van der Waals surface area (Å²) in [5, 5.41) is 9.68. The van der Waals surface area contributed by atoms with Gasteiger partial charge in [0.1, 0.15) is 0 Å². The molecule has 8 nitrogen and oxygen atoms in total. The van der Waals surface area contributed by atoms with Crippen LogP contribution in [0.3, 0.4) is 0 Å². The molecule has 2 aromatic carbocycles. The highest BCUT2D eigenvalue weighted by molar-refractivity contribution is 7.99. The van der Waals surface area contributed by atoms with Gasteiger partial charge in [-0.25, -0.2) is 4.98 Å². The maximum Gasteiger partial charge on any atom is 0.277 e. The highest BCUT2D eigenvalue weighted by Crippen LogP contribution is 2.36. The first kappa shape index (κ1) is 20.5. The number of carbonyl (C=O) groups excluding carboxylic acids is 1. The monoisotopic (exact) mass is 480 g/mol. The number of para-hydroxylation sites is 1. The Morgan fingerprint density at radius 2 is 2.06 bits per heavy atom. The third-order valence-electron chi connectivity index (χ3n) is 5.78. The van der Waals surface area contributed by atoms with Crippen molar-refractivity contribution in [2.24, 2.45) is 0 Å². The SMILES string of the molecule is O=C(CSc1nnc(-c2ccc3c(c2)OCO3)o1)N1CCCC(c2nc3ccccc3s2)C1. The summed E-state index contributed by atoms with van der Waals surface area (Å²) in [6, 6.07) is 13.7. The number of amides is 1. The van der Waals surface area contributed by atoms with Gasteiger partial charge in [0.05, 0.1) is 21.0 Å². The van der Waals surface area contributed by atoms with Gasteiger partial charge >= 0.3 is 0 Å². The van der Waals surface area contributed by atoms with Crippen LogP contribution in [-0.4, -0.2) is 51.6 Å². The molecule has 0 bridgehead atoms. The molecule has 2 aliphatic rings. The van der Waals surface area contributed by atoms with Crippen molar-refractivity contribution in [1.82, 2.24) is 20.1 Å². The quantitative estimate of drug-likeness (QED) is 0.384. The zero-order valence-electron chi connectivity index (χ0n) is 17.6. The van der Waals surface area contributed by atoms with Crippen LogP contribution in [0, 0.1) is 0 Å². The maximum atomic E-state index is 12.9. The average molecular weight is 481 g/mol. The smallest absolute Gasteiger partial charge is 0.277 e. The summed E-state index contributed by atoms with van der Waals surface area (Å²) < 4.78 is 17.7. The van der Waals surface area contributed by atoms with Crippen molar-refractivity contribution < 1.29 is 18.7 Å². The van der Waals surface area contributed by atoms with Crippen molar-refractivity contribution in [3.8, 4) is 23.0 Å². The number of ether oxygens (including phenoxy) is 2. The Bertz CT molecular complexity index is 1290. The van der Waals surface area contributed by atoms with Gasteiger partial charge in [-0.3, -0.25) is 4.79 Å². The molecule has 10 heteroatoms. The molecule has 4 heterocycles. The molecule has 168 valence electrons. The van der Waals surface area contributed by atoms with Crippen molar-refractivity contribution in [2.75, 3.05) is 25.6 Å². The number of likely N-dealkylation sites (tertiary alicyclic amines) is 1. The van der Waals surface area contributed by atoms with Crippen LogP contribution in [-0.2, 0) is 4.79 Å². The van der Waals surface area contributed by atoms with Gasteiger partial charge in [-0.05, 0) is 43.2 Å². The van der Waals surface area contributed by atoms with Gasteiger partial charge in [0, 0.05) is 24.6 Å². The standard InChI is InChI=1S/C23H20N4O4S2/c28-20(27-9-3-4-15(11-27)22-24-16-5-1-2-6-19(16)33-22)12-32-23-26-25-21(31-23)14-7-8-17-18(10-14)30-13-29-17/h1-2,5-8,10,15H,3-4,9,11-13H2. The summed E-state index contributed by atoms with van der Waals surface area (Å²) in [7, 11) is 0. The molecule has 6 rings (SSSR count). The van der Waals surface area contributed by atoms with Crippen LogP contribution in [0.25, 0.3) is 21.7 Å². The minimum Gasteiger partial charge on any atom is -0.454 e. The van der Waals surface area contributed by atoms with Crippen LogP contribution >= 0.6 is 23.1 Å². The number of thiazole rings is 1. The van der Waals surface area contributed by atoms with Crippen molar-refractivity contribution in [2.45, 2.75) is 24.0 Å². The van der Waals surface area contributed by atoms with E-state index in [1.807, 2.05) is 41.3 Å². The maximum absolute atomic E-state index is 12.9. The molecule has 0 radical (unpaired) electrons. The third kappa shape index (κ3) is 4.16. The number of thioether (sulfide) groups is 1. The van der Waals surface area contributed by atoms with Crippen LogP contribution < -0.4 is 9.47 Å². The van der Waals surface area contributed by atoms with Crippen molar-refractivity contribution in [3.63, 3.8) is 0 Å². The fourth-order valence-corrected chi connectivity index (χ4v) is 5.86. The Labute approximate surface area is 197 Å². The van der Waals surface area contributed by atoms with E-state index in [9.17, 15) is 4.79 Å². The molecule has 2 aromatic heterocycles. The van der Waals surface area contributed by atoms with Gasteiger partial charge in [-0.15, -0.1) is 21.5 Å². The second-order valence-electron chi connectivity index (χ2n) is 7.93. The number of carbonyl (C=O) groups is 1. The van der Waals surface area contributed by atoms with E-state index in [-0.39, 0.29) is 24.4 Å². The number of fused-ring (bicyclic) bond motifs is 2.